The van der Waals surface area contributed by atoms with Crippen molar-refractivity contribution >= 4 is 29.0 Å². The molecule has 0 bridgehead atoms. The van der Waals surface area contributed by atoms with Crippen LogP contribution in [0.2, 0.25) is 10.0 Å². The highest BCUT2D eigenvalue weighted by Gasteiger charge is 2.17. The van der Waals surface area contributed by atoms with Gasteiger partial charge in [-0.25, -0.2) is 9.89 Å². The molecule has 0 amide bonds. The number of benzene rings is 1. The van der Waals surface area contributed by atoms with Crippen LogP contribution in [0, 0.1) is 0 Å². The molecule has 0 saturated heterocycles. The fourth-order valence-electron chi connectivity index (χ4n) is 2.61. The Hall–Kier alpha value is -3.11. The summed E-state index contributed by atoms with van der Waals surface area (Å²) in [6.07, 6.45) is 0. The number of nitrogens with zero attached hydrogens (tertiary/aromatic N) is 4. The van der Waals surface area contributed by atoms with Gasteiger partial charge < -0.3 is 9.64 Å². The molecule has 10 nitrogen and oxygen atoms in total. The van der Waals surface area contributed by atoms with E-state index in [4.69, 9.17) is 27.9 Å². The van der Waals surface area contributed by atoms with E-state index in [-0.39, 0.29) is 44.7 Å². The Morgan fingerprint density at radius 2 is 1.70 bits per heavy atom. The van der Waals surface area contributed by atoms with Gasteiger partial charge in [-0.15, -0.1) is 10.2 Å². The van der Waals surface area contributed by atoms with Crippen molar-refractivity contribution in [1.82, 2.24) is 25.0 Å². The molecule has 30 heavy (non-hydrogen) atoms. The number of H-pyrrole nitrogens is 2. The largest absolute Gasteiger partial charge is 0.434 e. The molecule has 3 aromatic rings. The lowest BCUT2D eigenvalue weighted by atomic mass is 10.1. The van der Waals surface area contributed by atoms with Crippen molar-refractivity contribution in [3.8, 4) is 17.3 Å². The number of hydrogen-bond donors (Lipinski definition) is 2. The molecule has 12 heteroatoms. The number of aromatic amines is 2. The summed E-state index contributed by atoms with van der Waals surface area (Å²) < 4.78 is 6.63. The Morgan fingerprint density at radius 3 is 2.27 bits per heavy atom. The summed E-state index contributed by atoms with van der Waals surface area (Å²) in [4.78, 5) is 39.6. The fourth-order valence-corrected chi connectivity index (χ4v) is 3.17. The number of hydrogen-bond acceptors (Lipinski definition) is 7. The summed E-state index contributed by atoms with van der Waals surface area (Å²) in [7, 11) is 3.23. The highest BCUT2D eigenvalue weighted by molar-refractivity contribution is 6.37. The summed E-state index contributed by atoms with van der Waals surface area (Å²) >= 11 is 12.6. The molecule has 0 radical (unpaired) electrons. The summed E-state index contributed by atoms with van der Waals surface area (Å²) in [6, 6.07) is 4.31. The maximum Gasteiger partial charge on any atom is 0.349 e. The Labute approximate surface area is 180 Å². The third-order valence-corrected chi connectivity index (χ3v) is 4.66. The third-order valence-electron chi connectivity index (χ3n) is 4.10. The van der Waals surface area contributed by atoms with Crippen LogP contribution in [0.3, 0.4) is 0 Å². The summed E-state index contributed by atoms with van der Waals surface area (Å²) in [6.45, 7) is 3.72. The number of nitrogens with one attached hydrogen (secondary N) is 2. The second-order valence-corrected chi connectivity index (χ2v) is 7.69. The maximum absolute atomic E-state index is 12.2. The summed E-state index contributed by atoms with van der Waals surface area (Å²) in [5, 5.41) is 10.4. The molecule has 0 aliphatic heterocycles. The first-order chi connectivity index (χ1) is 14.1. The molecule has 2 N–H and O–H groups in total. The van der Waals surface area contributed by atoms with Gasteiger partial charge in [0.1, 0.15) is 0 Å². The van der Waals surface area contributed by atoms with Gasteiger partial charge in [0.25, 0.3) is 11.1 Å². The van der Waals surface area contributed by atoms with Crippen LogP contribution in [0.1, 0.15) is 25.3 Å². The Morgan fingerprint density at radius 1 is 1.07 bits per heavy atom. The van der Waals surface area contributed by atoms with Crippen molar-refractivity contribution in [3.63, 3.8) is 0 Å². The molecule has 0 aliphatic carbocycles. The normalized spacial score (nSPS) is 11.0. The predicted molar refractivity (Wildman–Crippen MR) is 114 cm³/mol. The van der Waals surface area contributed by atoms with E-state index >= 15 is 0 Å². The van der Waals surface area contributed by atoms with E-state index in [1.165, 1.54) is 23.1 Å². The summed E-state index contributed by atoms with van der Waals surface area (Å²) in [5.74, 6) is 0.169. The van der Waals surface area contributed by atoms with E-state index in [0.29, 0.717) is 5.56 Å². The molecule has 0 unspecified atom stereocenters. The zero-order valence-corrected chi connectivity index (χ0v) is 18.0. The standard InChI is InChI=1S/C18H18Cl2N6O4/c1-8(2)10-7-13(22-23-16(10)27)30-14-11(19)5-9(6-12(14)20)26-18(29)21-17(28)15(24-26)25(3)4/h5-8H,1-4H3,(H,23,27)(H,21,28,29). The first-order valence-corrected chi connectivity index (χ1v) is 9.52. The van der Waals surface area contributed by atoms with Crippen LogP contribution >= 0.6 is 23.2 Å². The van der Waals surface area contributed by atoms with E-state index < -0.39 is 11.2 Å². The van der Waals surface area contributed by atoms with E-state index in [2.05, 4.69) is 20.3 Å². The van der Waals surface area contributed by atoms with Gasteiger partial charge in [-0.2, -0.15) is 4.68 Å². The average Bonchev–Trinajstić information content (AvgIpc) is 2.65. The molecule has 2 aromatic heterocycles. The zero-order chi connectivity index (χ0) is 22.2. The average molecular weight is 453 g/mol. The van der Waals surface area contributed by atoms with Gasteiger partial charge in [0.2, 0.25) is 11.7 Å². The second kappa shape index (κ2) is 8.33. The minimum absolute atomic E-state index is 0.0285. The number of rotatable bonds is 5. The SMILES string of the molecule is CC(C)c1cc(Oc2c(Cl)cc(-n3nc(N(C)C)c(=O)[nH]c3=O)cc2Cl)n[nH]c1=O. The van der Waals surface area contributed by atoms with Crippen LogP contribution in [-0.2, 0) is 0 Å². The highest BCUT2D eigenvalue weighted by Crippen LogP contribution is 2.37. The zero-order valence-electron chi connectivity index (χ0n) is 16.5. The molecular weight excluding hydrogens is 435 g/mol. The van der Waals surface area contributed by atoms with Crippen LogP contribution in [-0.4, -0.2) is 39.1 Å². The number of ether oxygens (including phenoxy) is 1. The van der Waals surface area contributed by atoms with Gasteiger partial charge in [-0.3, -0.25) is 14.6 Å². The van der Waals surface area contributed by atoms with Crippen LogP contribution in [0.15, 0.2) is 32.6 Å². The van der Waals surface area contributed by atoms with E-state index in [9.17, 15) is 14.4 Å². The quantitative estimate of drug-likeness (QED) is 0.607. The minimum atomic E-state index is -0.754. The highest BCUT2D eigenvalue weighted by atomic mass is 35.5. The lowest BCUT2D eigenvalue weighted by Crippen LogP contribution is -2.35. The van der Waals surface area contributed by atoms with Crippen LogP contribution < -0.4 is 26.4 Å². The van der Waals surface area contributed by atoms with E-state index in [1.54, 1.807) is 14.1 Å². The van der Waals surface area contributed by atoms with Crippen LogP contribution in [0.4, 0.5) is 5.82 Å². The van der Waals surface area contributed by atoms with Crippen LogP contribution in [0.25, 0.3) is 5.69 Å². The van der Waals surface area contributed by atoms with Gasteiger partial charge in [-0.05, 0) is 18.1 Å². The first-order valence-electron chi connectivity index (χ1n) is 8.76. The molecule has 0 aliphatic rings. The van der Waals surface area contributed by atoms with E-state index in [1.807, 2.05) is 13.8 Å². The molecule has 2 heterocycles. The topological polar surface area (TPSA) is 126 Å². The van der Waals surface area contributed by atoms with Crippen molar-refractivity contribution in [2.24, 2.45) is 0 Å². The Balaban J connectivity index is 2.05. The Bertz CT molecular complexity index is 1260. The Kier molecular flexibility index (Phi) is 5.99. The molecule has 158 valence electrons. The number of halogens is 2. The molecule has 0 atom stereocenters. The lowest BCUT2D eigenvalue weighted by Gasteiger charge is -2.14. The molecule has 1 aromatic carbocycles. The molecule has 0 saturated carbocycles. The molecular formula is C18H18Cl2N6O4. The van der Waals surface area contributed by atoms with Crippen molar-refractivity contribution in [2.75, 3.05) is 19.0 Å². The smallest absolute Gasteiger partial charge is 0.349 e. The fraction of sp³-hybridized carbons (Fsp3) is 0.278. The predicted octanol–water partition coefficient (Wildman–Crippen LogP) is 2.29. The van der Waals surface area contributed by atoms with Crippen molar-refractivity contribution in [1.29, 1.82) is 0 Å². The molecule has 0 fully saturated rings. The van der Waals surface area contributed by atoms with Gasteiger partial charge in [0.15, 0.2) is 5.75 Å². The number of anilines is 1. The van der Waals surface area contributed by atoms with Gasteiger partial charge in [-0.1, -0.05) is 37.0 Å². The summed E-state index contributed by atoms with van der Waals surface area (Å²) in [5.41, 5.74) is -0.980. The van der Waals surface area contributed by atoms with Gasteiger partial charge in [0.05, 0.1) is 15.7 Å². The molecule has 3 rings (SSSR count). The lowest BCUT2D eigenvalue weighted by molar-refractivity contribution is 0.452. The van der Waals surface area contributed by atoms with Crippen molar-refractivity contribution < 1.29 is 4.74 Å². The maximum atomic E-state index is 12.2. The monoisotopic (exact) mass is 452 g/mol. The van der Waals surface area contributed by atoms with Crippen molar-refractivity contribution in [2.45, 2.75) is 19.8 Å². The second-order valence-electron chi connectivity index (χ2n) is 6.88. The van der Waals surface area contributed by atoms with Crippen molar-refractivity contribution in [3.05, 3.63) is 65.0 Å². The van der Waals surface area contributed by atoms with Gasteiger partial charge >= 0.3 is 5.69 Å². The number of aromatic nitrogens is 5. The van der Waals surface area contributed by atoms with E-state index in [0.717, 1.165) is 4.68 Å². The van der Waals surface area contributed by atoms with Gasteiger partial charge in [0, 0.05) is 25.7 Å². The molecule has 0 spiro atoms. The minimum Gasteiger partial charge on any atom is -0.434 e. The third kappa shape index (κ3) is 4.24. The first kappa shape index (κ1) is 21.6. The van der Waals surface area contributed by atoms with Crippen LogP contribution in [0.5, 0.6) is 11.6 Å².